The van der Waals surface area contributed by atoms with Gasteiger partial charge in [-0.25, -0.2) is 0 Å². The number of hydrogen-bond donors (Lipinski definition) is 1. The summed E-state index contributed by atoms with van der Waals surface area (Å²) < 4.78 is 5.41. The second-order valence-electron chi connectivity index (χ2n) is 5.93. The lowest BCUT2D eigenvalue weighted by molar-refractivity contribution is 0.411. The molecule has 0 aromatic heterocycles. The van der Waals surface area contributed by atoms with Crippen molar-refractivity contribution < 1.29 is 4.74 Å². The second-order valence-corrected chi connectivity index (χ2v) is 5.93. The highest BCUT2D eigenvalue weighted by Crippen LogP contribution is 2.36. The van der Waals surface area contributed by atoms with Gasteiger partial charge in [0.25, 0.3) is 0 Å². The topological polar surface area (TPSA) is 21.3 Å². The van der Waals surface area contributed by atoms with Crippen LogP contribution in [0, 0.1) is 13.8 Å². The van der Waals surface area contributed by atoms with Crippen LogP contribution in [0.2, 0.25) is 0 Å². The van der Waals surface area contributed by atoms with Crippen molar-refractivity contribution >= 4 is 0 Å². The molecule has 0 saturated carbocycles. The predicted octanol–water partition coefficient (Wildman–Crippen LogP) is 4.19. The van der Waals surface area contributed by atoms with Crippen molar-refractivity contribution in [2.75, 3.05) is 14.2 Å². The number of hydrogen-bond acceptors (Lipinski definition) is 2. The molecule has 1 aliphatic rings. The minimum absolute atomic E-state index is 0.521. The fraction of sp³-hybridized carbons (Fsp3) is 0.368. The molecular weight excluding hydrogens is 258 g/mol. The van der Waals surface area contributed by atoms with Gasteiger partial charge in [-0.2, -0.15) is 0 Å². The van der Waals surface area contributed by atoms with Crippen LogP contribution in [-0.2, 0) is 6.42 Å². The maximum Gasteiger partial charge on any atom is 0.122 e. The Balaban J connectivity index is 2.04. The molecule has 0 fully saturated rings. The number of nitrogens with one attached hydrogen (secondary N) is 1. The van der Waals surface area contributed by atoms with Gasteiger partial charge < -0.3 is 10.1 Å². The Morgan fingerprint density at radius 3 is 2.62 bits per heavy atom. The molecule has 0 radical (unpaired) electrons. The molecule has 0 aliphatic heterocycles. The molecule has 2 aromatic carbocycles. The molecule has 0 spiro atoms. The lowest BCUT2D eigenvalue weighted by Gasteiger charge is -2.14. The number of fused-ring (bicyclic) bond motifs is 1. The van der Waals surface area contributed by atoms with Crippen LogP contribution in [0.15, 0.2) is 30.3 Å². The summed E-state index contributed by atoms with van der Waals surface area (Å²) in [4.78, 5) is 0. The summed E-state index contributed by atoms with van der Waals surface area (Å²) >= 11 is 0. The second kappa shape index (κ2) is 5.53. The zero-order valence-electron chi connectivity index (χ0n) is 13.3. The van der Waals surface area contributed by atoms with E-state index in [1.54, 1.807) is 7.11 Å². The molecule has 0 bridgehead atoms. The molecular formula is C19H23NO. The van der Waals surface area contributed by atoms with Crippen molar-refractivity contribution in [1.29, 1.82) is 0 Å². The molecule has 0 heterocycles. The lowest BCUT2D eigenvalue weighted by Crippen LogP contribution is -2.12. The Hall–Kier alpha value is -1.80. The predicted molar refractivity (Wildman–Crippen MR) is 88.0 cm³/mol. The van der Waals surface area contributed by atoms with Gasteiger partial charge in [0.05, 0.1) is 7.11 Å². The molecule has 1 N–H and O–H groups in total. The maximum atomic E-state index is 5.41. The molecule has 3 rings (SSSR count). The normalized spacial score (nSPS) is 16.9. The van der Waals surface area contributed by atoms with E-state index in [4.69, 9.17) is 4.74 Å². The Labute approximate surface area is 127 Å². The monoisotopic (exact) mass is 281 g/mol. The summed E-state index contributed by atoms with van der Waals surface area (Å²) in [5.41, 5.74) is 8.02. The average Bonchev–Trinajstić information content (AvgIpc) is 2.91. The van der Waals surface area contributed by atoms with Gasteiger partial charge >= 0.3 is 0 Å². The van der Waals surface area contributed by atoms with Crippen LogP contribution >= 0.6 is 0 Å². The van der Waals surface area contributed by atoms with E-state index in [9.17, 15) is 0 Å². The summed E-state index contributed by atoms with van der Waals surface area (Å²) in [5, 5.41) is 3.40. The Kier molecular flexibility index (Phi) is 3.73. The van der Waals surface area contributed by atoms with E-state index in [-0.39, 0.29) is 0 Å². The molecule has 0 saturated heterocycles. The molecule has 110 valence electrons. The third kappa shape index (κ3) is 2.44. The van der Waals surface area contributed by atoms with E-state index in [2.05, 4.69) is 49.5 Å². The zero-order chi connectivity index (χ0) is 15.0. The third-order valence-electron chi connectivity index (χ3n) is 4.62. The summed E-state index contributed by atoms with van der Waals surface area (Å²) in [7, 11) is 3.78. The Morgan fingerprint density at radius 1 is 1.10 bits per heavy atom. The van der Waals surface area contributed by atoms with Crippen LogP contribution in [0.3, 0.4) is 0 Å². The highest BCUT2D eigenvalue weighted by Gasteiger charge is 2.21. The van der Waals surface area contributed by atoms with E-state index in [0.29, 0.717) is 6.04 Å². The van der Waals surface area contributed by atoms with Crippen LogP contribution in [0.25, 0.3) is 11.1 Å². The summed E-state index contributed by atoms with van der Waals surface area (Å²) in [6.45, 7) is 4.26. The first-order chi connectivity index (χ1) is 10.1. The number of methoxy groups -OCH3 is 1. The van der Waals surface area contributed by atoms with Crippen molar-refractivity contribution in [2.24, 2.45) is 0 Å². The number of rotatable bonds is 3. The molecule has 2 aromatic rings. The average molecular weight is 281 g/mol. The van der Waals surface area contributed by atoms with E-state index < -0.39 is 0 Å². The van der Waals surface area contributed by atoms with Gasteiger partial charge in [-0.3, -0.25) is 0 Å². The SMILES string of the molecule is CNC1CCc2cc(-c3cc(C)c(OC)cc3C)ccc21. The zero-order valence-corrected chi connectivity index (χ0v) is 13.3. The van der Waals surface area contributed by atoms with Crippen LogP contribution in [0.4, 0.5) is 0 Å². The summed E-state index contributed by atoms with van der Waals surface area (Å²) in [6.07, 6.45) is 2.37. The summed E-state index contributed by atoms with van der Waals surface area (Å²) in [5.74, 6) is 0.965. The Bertz CT molecular complexity index is 676. The number of benzene rings is 2. The molecule has 2 nitrogen and oxygen atoms in total. The Morgan fingerprint density at radius 2 is 1.90 bits per heavy atom. The molecule has 1 unspecified atom stereocenters. The largest absolute Gasteiger partial charge is 0.496 e. The number of aryl methyl sites for hydroxylation is 3. The van der Waals surface area contributed by atoms with Crippen LogP contribution in [-0.4, -0.2) is 14.2 Å². The minimum atomic E-state index is 0.521. The fourth-order valence-corrected chi connectivity index (χ4v) is 3.41. The van der Waals surface area contributed by atoms with Gasteiger partial charge in [0, 0.05) is 6.04 Å². The van der Waals surface area contributed by atoms with Crippen LogP contribution in [0.5, 0.6) is 5.75 Å². The van der Waals surface area contributed by atoms with Gasteiger partial charge in [-0.1, -0.05) is 18.2 Å². The third-order valence-corrected chi connectivity index (χ3v) is 4.62. The van der Waals surface area contributed by atoms with Crippen molar-refractivity contribution in [3.63, 3.8) is 0 Å². The smallest absolute Gasteiger partial charge is 0.122 e. The number of ether oxygens (including phenoxy) is 1. The highest BCUT2D eigenvalue weighted by molar-refractivity contribution is 5.71. The van der Waals surface area contributed by atoms with E-state index >= 15 is 0 Å². The van der Waals surface area contributed by atoms with E-state index in [1.807, 2.05) is 7.05 Å². The highest BCUT2D eigenvalue weighted by atomic mass is 16.5. The van der Waals surface area contributed by atoms with E-state index in [1.165, 1.54) is 46.2 Å². The first-order valence-corrected chi connectivity index (χ1v) is 7.59. The first-order valence-electron chi connectivity index (χ1n) is 7.59. The van der Waals surface area contributed by atoms with Crippen LogP contribution < -0.4 is 10.1 Å². The van der Waals surface area contributed by atoms with E-state index in [0.717, 1.165) is 5.75 Å². The molecule has 0 amide bonds. The van der Waals surface area contributed by atoms with Crippen molar-refractivity contribution in [3.05, 3.63) is 52.6 Å². The quantitative estimate of drug-likeness (QED) is 0.911. The van der Waals surface area contributed by atoms with Gasteiger partial charge in [0.1, 0.15) is 5.75 Å². The maximum absolute atomic E-state index is 5.41. The van der Waals surface area contributed by atoms with Gasteiger partial charge in [0.15, 0.2) is 0 Å². The van der Waals surface area contributed by atoms with Gasteiger partial charge in [0.2, 0.25) is 0 Å². The van der Waals surface area contributed by atoms with Crippen molar-refractivity contribution in [1.82, 2.24) is 5.32 Å². The summed E-state index contributed by atoms with van der Waals surface area (Å²) in [6, 6.07) is 11.8. The van der Waals surface area contributed by atoms with Gasteiger partial charge in [-0.05, 0) is 79.3 Å². The van der Waals surface area contributed by atoms with Crippen molar-refractivity contribution in [3.8, 4) is 16.9 Å². The van der Waals surface area contributed by atoms with Crippen LogP contribution in [0.1, 0.15) is 34.7 Å². The fourth-order valence-electron chi connectivity index (χ4n) is 3.41. The first kappa shape index (κ1) is 14.2. The van der Waals surface area contributed by atoms with Crippen molar-refractivity contribution in [2.45, 2.75) is 32.7 Å². The lowest BCUT2D eigenvalue weighted by atomic mass is 9.95. The molecule has 1 atom stereocenters. The molecule has 1 aliphatic carbocycles. The molecule has 2 heteroatoms. The van der Waals surface area contributed by atoms with Gasteiger partial charge in [-0.15, -0.1) is 0 Å². The molecule has 21 heavy (non-hydrogen) atoms. The minimum Gasteiger partial charge on any atom is -0.496 e. The standard InChI is InChI=1S/C19H23NO/c1-12-10-19(21-4)13(2)9-17(12)15-5-7-16-14(11-15)6-8-18(16)20-3/h5,7,9-11,18,20H,6,8H2,1-4H3.